The van der Waals surface area contributed by atoms with Crippen LogP contribution in [0.15, 0.2) is 47.8 Å². The first-order valence-electron chi connectivity index (χ1n) is 10.3. The van der Waals surface area contributed by atoms with Crippen LogP contribution >= 0.6 is 22.9 Å². The minimum absolute atomic E-state index is 0.0706. The maximum atomic E-state index is 12.6. The van der Waals surface area contributed by atoms with Crippen LogP contribution in [0.25, 0.3) is 11.3 Å². The van der Waals surface area contributed by atoms with Gasteiger partial charge >= 0.3 is 0 Å². The highest BCUT2D eigenvalue weighted by Crippen LogP contribution is 2.34. The molecular weight excluding hydrogens is 448 g/mol. The Morgan fingerprint density at radius 2 is 1.91 bits per heavy atom. The molecule has 1 aromatic heterocycles. The molecule has 32 heavy (non-hydrogen) atoms. The second kappa shape index (κ2) is 10.2. The van der Waals surface area contributed by atoms with Crippen molar-refractivity contribution in [1.82, 2.24) is 9.88 Å². The zero-order valence-electron chi connectivity index (χ0n) is 18.0. The molecule has 9 heteroatoms. The normalized spacial score (nSPS) is 14.3. The van der Waals surface area contributed by atoms with Crippen molar-refractivity contribution in [2.24, 2.45) is 0 Å². The lowest BCUT2D eigenvalue weighted by molar-refractivity contribution is -0.117. The summed E-state index contributed by atoms with van der Waals surface area (Å²) in [6.45, 7) is 3.58. The van der Waals surface area contributed by atoms with Crippen LogP contribution in [-0.4, -0.2) is 62.7 Å². The molecule has 0 unspecified atom stereocenters. The summed E-state index contributed by atoms with van der Waals surface area (Å²) >= 11 is 7.70. The lowest BCUT2D eigenvalue weighted by Gasteiger charge is -2.36. The number of benzene rings is 2. The van der Waals surface area contributed by atoms with Gasteiger partial charge in [0.25, 0.3) is 0 Å². The number of hydrogen-bond donors (Lipinski definition) is 1. The quantitative estimate of drug-likeness (QED) is 0.554. The number of hydrogen-bond acceptors (Lipinski definition) is 7. The second-order valence-electron chi connectivity index (χ2n) is 7.37. The molecule has 1 saturated heterocycles. The smallest absolute Gasteiger partial charge is 0.240 e. The first-order chi connectivity index (χ1) is 15.6. The summed E-state index contributed by atoms with van der Waals surface area (Å²) in [6.07, 6.45) is 0. The molecule has 3 aromatic rings. The van der Waals surface area contributed by atoms with Gasteiger partial charge in [0, 0.05) is 43.2 Å². The maximum Gasteiger partial charge on any atom is 0.240 e. The number of ether oxygens (including phenoxy) is 2. The minimum Gasteiger partial charge on any atom is -0.497 e. The molecule has 0 atom stereocenters. The Morgan fingerprint density at radius 3 is 2.62 bits per heavy atom. The standard InChI is InChI=1S/C23H25ClN4O3S/c1-30-16-7-8-17(21(13-16)31-2)19-15-32-23(25-19)26-22(29)14-27-9-11-28(12-10-27)20-6-4-3-5-18(20)24/h3-8,13,15H,9-12,14H2,1-2H3,(H,25,26,29). The molecular formula is C23H25ClN4O3S. The average Bonchev–Trinajstić information content (AvgIpc) is 3.27. The number of rotatable bonds is 7. The van der Waals surface area contributed by atoms with Crippen molar-refractivity contribution in [1.29, 1.82) is 0 Å². The van der Waals surface area contributed by atoms with E-state index in [0.29, 0.717) is 23.2 Å². The molecule has 0 aliphatic carbocycles. The van der Waals surface area contributed by atoms with Gasteiger partial charge in [0.05, 0.1) is 37.2 Å². The number of nitrogens with zero attached hydrogens (tertiary/aromatic N) is 3. The number of aromatic nitrogens is 1. The van der Waals surface area contributed by atoms with E-state index in [9.17, 15) is 4.79 Å². The Hall–Kier alpha value is -2.81. The van der Waals surface area contributed by atoms with E-state index in [2.05, 4.69) is 20.1 Å². The molecule has 0 radical (unpaired) electrons. The van der Waals surface area contributed by atoms with Gasteiger partial charge in [-0.3, -0.25) is 9.69 Å². The fourth-order valence-electron chi connectivity index (χ4n) is 3.68. The summed E-state index contributed by atoms with van der Waals surface area (Å²) in [5.74, 6) is 1.31. The summed E-state index contributed by atoms with van der Waals surface area (Å²) in [4.78, 5) is 21.5. The summed E-state index contributed by atoms with van der Waals surface area (Å²) in [5, 5.41) is 6.15. The molecule has 1 aliphatic heterocycles. The molecule has 1 N–H and O–H groups in total. The number of methoxy groups -OCH3 is 2. The van der Waals surface area contributed by atoms with Crippen LogP contribution in [0.5, 0.6) is 11.5 Å². The van der Waals surface area contributed by atoms with Crippen molar-refractivity contribution in [3.8, 4) is 22.8 Å². The van der Waals surface area contributed by atoms with Gasteiger partial charge in [-0.15, -0.1) is 11.3 Å². The molecule has 0 bridgehead atoms. The Kier molecular flexibility index (Phi) is 7.14. The molecule has 2 aromatic carbocycles. The van der Waals surface area contributed by atoms with Gasteiger partial charge in [-0.2, -0.15) is 0 Å². The van der Waals surface area contributed by atoms with Crippen LogP contribution in [0.2, 0.25) is 5.02 Å². The number of carbonyl (C=O) groups is 1. The third kappa shape index (κ3) is 5.15. The minimum atomic E-state index is -0.0706. The molecule has 0 saturated carbocycles. The first-order valence-corrected chi connectivity index (χ1v) is 11.5. The third-order valence-electron chi connectivity index (χ3n) is 5.37. The Bertz CT molecular complexity index is 1080. The van der Waals surface area contributed by atoms with Crippen LogP contribution in [-0.2, 0) is 4.79 Å². The number of piperazine rings is 1. The van der Waals surface area contributed by atoms with Crippen molar-refractivity contribution in [2.75, 3.05) is 57.2 Å². The van der Waals surface area contributed by atoms with Gasteiger partial charge in [0.1, 0.15) is 11.5 Å². The van der Waals surface area contributed by atoms with Gasteiger partial charge in [-0.05, 0) is 24.3 Å². The summed E-state index contributed by atoms with van der Waals surface area (Å²) in [6, 6.07) is 13.4. The third-order valence-corrected chi connectivity index (χ3v) is 6.45. The highest BCUT2D eigenvalue weighted by molar-refractivity contribution is 7.14. The van der Waals surface area contributed by atoms with Gasteiger partial charge in [0.15, 0.2) is 5.13 Å². The average molecular weight is 473 g/mol. The molecule has 1 fully saturated rings. The largest absolute Gasteiger partial charge is 0.497 e. The van der Waals surface area contributed by atoms with Gasteiger partial charge in [0.2, 0.25) is 5.91 Å². The van der Waals surface area contributed by atoms with Crippen LogP contribution in [0.4, 0.5) is 10.8 Å². The van der Waals surface area contributed by atoms with Gasteiger partial charge in [-0.25, -0.2) is 4.98 Å². The SMILES string of the molecule is COc1ccc(-c2csc(NC(=O)CN3CCN(c4ccccc4Cl)CC3)n2)c(OC)c1. The predicted octanol–water partition coefficient (Wildman–Crippen LogP) is 4.24. The van der Waals surface area contributed by atoms with Crippen molar-refractivity contribution in [3.63, 3.8) is 0 Å². The fourth-order valence-corrected chi connectivity index (χ4v) is 4.66. The molecule has 168 valence electrons. The van der Waals surface area contributed by atoms with Crippen LogP contribution in [0, 0.1) is 0 Å². The zero-order valence-corrected chi connectivity index (χ0v) is 19.6. The first kappa shape index (κ1) is 22.4. The van der Waals surface area contributed by atoms with E-state index >= 15 is 0 Å². The maximum absolute atomic E-state index is 12.6. The number of amides is 1. The summed E-state index contributed by atoms with van der Waals surface area (Å²) in [7, 11) is 3.22. The van der Waals surface area contributed by atoms with E-state index < -0.39 is 0 Å². The van der Waals surface area contributed by atoms with Gasteiger partial charge in [-0.1, -0.05) is 23.7 Å². The molecule has 1 amide bonds. The highest BCUT2D eigenvalue weighted by atomic mass is 35.5. The number of anilines is 2. The van der Waals surface area contributed by atoms with E-state index in [0.717, 1.165) is 48.1 Å². The lowest BCUT2D eigenvalue weighted by Crippen LogP contribution is -2.48. The number of carbonyl (C=O) groups excluding carboxylic acids is 1. The van der Waals surface area contributed by atoms with Crippen molar-refractivity contribution < 1.29 is 14.3 Å². The molecule has 4 rings (SSSR count). The predicted molar refractivity (Wildman–Crippen MR) is 129 cm³/mol. The number of nitrogens with one attached hydrogen (secondary N) is 1. The molecule has 0 spiro atoms. The van der Waals surface area contributed by atoms with Gasteiger partial charge < -0.3 is 19.7 Å². The molecule has 7 nitrogen and oxygen atoms in total. The van der Waals surface area contributed by atoms with Crippen LogP contribution < -0.4 is 19.7 Å². The number of halogens is 1. The van der Waals surface area contributed by atoms with E-state index in [-0.39, 0.29) is 5.91 Å². The van der Waals surface area contributed by atoms with E-state index in [1.807, 2.05) is 47.8 Å². The van der Waals surface area contributed by atoms with E-state index in [1.165, 1.54) is 11.3 Å². The van der Waals surface area contributed by atoms with Crippen molar-refractivity contribution in [2.45, 2.75) is 0 Å². The Labute approximate surface area is 196 Å². The van der Waals surface area contributed by atoms with Crippen molar-refractivity contribution >= 4 is 39.7 Å². The Morgan fingerprint density at radius 1 is 1.12 bits per heavy atom. The summed E-state index contributed by atoms with van der Waals surface area (Å²) < 4.78 is 10.7. The van der Waals surface area contributed by atoms with Crippen LogP contribution in [0.1, 0.15) is 0 Å². The second-order valence-corrected chi connectivity index (χ2v) is 8.63. The van der Waals surface area contributed by atoms with Crippen LogP contribution in [0.3, 0.4) is 0 Å². The monoisotopic (exact) mass is 472 g/mol. The number of thiazole rings is 1. The molecule has 2 heterocycles. The zero-order chi connectivity index (χ0) is 22.5. The topological polar surface area (TPSA) is 66.9 Å². The molecule has 1 aliphatic rings. The Balaban J connectivity index is 1.32. The van der Waals surface area contributed by atoms with Crippen molar-refractivity contribution in [3.05, 3.63) is 52.9 Å². The number of para-hydroxylation sites is 1. The highest BCUT2D eigenvalue weighted by Gasteiger charge is 2.21. The van der Waals surface area contributed by atoms with E-state index in [1.54, 1.807) is 14.2 Å². The lowest BCUT2D eigenvalue weighted by atomic mass is 10.1. The summed E-state index contributed by atoms with van der Waals surface area (Å²) in [5.41, 5.74) is 2.64. The van der Waals surface area contributed by atoms with E-state index in [4.69, 9.17) is 21.1 Å². The fraction of sp³-hybridized carbons (Fsp3) is 0.304.